The van der Waals surface area contributed by atoms with Gasteiger partial charge in [0.25, 0.3) is 0 Å². The lowest BCUT2D eigenvalue weighted by molar-refractivity contribution is -0.0571. The van der Waals surface area contributed by atoms with E-state index in [1.807, 2.05) is 0 Å². The van der Waals surface area contributed by atoms with Crippen LogP contribution in [0.1, 0.15) is 25.5 Å². The second kappa shape index (κ2) is 5.04. The standard InChI is InChI=1S/C13H20N2O5S/c1-13(2)12(16)11(14)7-5-10(19-3)8(6-9(7)20-13)15-21(4,17)18/h5-6,11-12,15-16H,14H2,1-4H3/t11-,12+/m0/s1. The van der Waals surface area contributed by atoms with Crippen LogP contribution in [0.15, 0.2) is 12.1 Å². The van der Waals surface area contributed by atoms with Crippen molar-refractivity contribution >= 4 is 15.7 Å². The van der Waals surface area contributed by atoms with E-state index in [2.05, 4.69) is 4.72 Å². The monoisotopic (exact) mass is 316 g/mol. The van der Waals surface area contributed by atoms with Crippen molar-refractivity contribution in [2.75, 3.05) is 18.1 Å². The molecular weight excluding hydrogens is 296 g/mol. The topological polar surface area (TPSA) is 111 Å². The van der Waals surface area contributed by atoms with E-state index < -0.39 is 27.8 Å². The second-order valence-corrected chi connectivity index (χ2v) is 7.39. The van der Waals surface area contributed by atoms with Crippen LogP contribution in [0.25, 0.3) is 0 Å². The molecule has 118 valence electrons. The van der Waals surface area contributed by atoms with Gasteiger partial charge in [0.15, 0.2) is 0 Å². The first-order valence-electron chi connectivity index (χ1n) is 6.37. The summed E-state index contributed by atoms with van der Waals surface area (Å²) in [5, 5.41) is 10.2. The van der Waals surface area contributed by atoms with E-state index in [0.717, 1.165) is 6.26 Å². The van der Waals surface area contributed by atoms with Gasteiger partial charge < -0.3 is 20.3 Å². The van der Waals surface area contributed by atoms with Gasteiger partial charge in [0.1, 0.15) is 23.2 Å². The molecule has 1 aliphatic rings. The summed E-state index contributed by atoms with van der Waals surface area (Å²) >= 11 is 0. The van der Waals surface area contributed by atoms with Gasteiger partial charge in [0.05, 0.1) is 25.1 Å². The van der Waals surface area contributed by atoms with E-state index in [1.165, 1.54) is 13.2 Å². The Bertz CT molecular complexity index is 657. The molecular formula is C13H20N2O5S. The van der Waals surface area contributed by atoms with Crippen LogP contribution in [0, 0.1) is 0 Å². The van der Waals surface area contributed by atoms with Crippen LogP contribution in [0.2, 0.25) is 0 Å². The summed E-state index contributed by atoms with van der Waals surface area (Å²) in [5.41, 5.74) is 6.00. The Balaban J connectivity index is 2.55. The number of hydrogen-bond donors (Lipinski definition) is 3. The number of sulfonamides is 1. The maximum atomic E-state index is 11.4. The summed E-state index contributed by atoms with van der Waals surface area (Å²) in [5.74, 6) is 0.731. The van der Waals surface area contributed by atoms with Crippen molar-refractivity contribution in [2.24, 2.45) is 5.73 Å². The fourth-order valence-electron chi connectivity index (χ4n) is 2.32. The number of rotatable bonds is 3. The smallest absolute Gasteiger partial charge is 0.229 e. The van der Waals surface area contributed by atoms with Crippen molar-refractivity contribution in [3.05, 3.63) is 17.7 Å². The highest BCUT2D eigenvalue weighted by molar-refractivity contribution is 7.92. The Labute approximate surface area is 124 Å². The first-order chi connectivity index (χ1) is 9.55. The first kappa shape index (κ1) is 15.9. The van der Waals surface area contributed by atoms with Crippen molar-refractivity contribution in [2.45, 2.75) is 31.6 Å². The van der Waals surface area contributed by atoms with Gasteiger partial charge >= 0.3 is 0 Å². The number of nitrogens with one attached hydrogen (secondary N) is 1. The average molecular weight is 316 g/mol. The van der Waals surface area contributed by atoms with E-state index in [0.29, 0.717) is 17.1 Å². The van der Waals surface area contributed by atoms with E-state index in [1.54, 1.807) is 19.9 Å². The molecule has 7 nitrogen and oxygen atoms in total. The van der Waals surface area contributed by atoms with E-state index in [-0.39, 0.29) is 5.69 Å². The third-order valence-electron chi connectivity index (χ3n) is 3.41. The molecule has 8 heteroatoms. The Kier molecular flexibility index (Phi) is 3.81. The number of methoxy groups -OCH3 is 1. The molecule has 0 aromatic heterocycles. The lowest BCUT2D eigenvalue weighted by atomic mass is 9.87. The van der Waals surface area contributed by atoms with Crippen molar-refractivity contribution in [1.29, 1.82) is 0 Å². The Hall–Kier alpha value is -1.51. The summed E-state index contributed by atoms with van der Waals surface area (Å²) in [6.45, 7) is 3.43. The Morgan fingerprint density at radius 2 is 2.05 bits per heavy atom. The van der Waals surface area contributed by atoms with Crippen molar-refractivity contribution < 1.29 is 23.0 Å². The molecule has 0 spiro atoms. The van der Waals surface area contributed by atoms with Gasteiger partial charge in [-0.1, -0.05) is 0 Å². The third-order valence-corrected chi connectivity index (χ3v) is 4.00. The zero-order valence-corrected chi connectivity index (χ0v) is 13.2. The van der Waals surface area contributed by atoms with Crippen LogP contribution >= 0.6 is 0 Å². The number of ether oxygens (including phenoxy) is 2. The van der Waals surface area contributed by atoms with Crippen LogP contribution in [-0.2, 0) is 10.0 Å². The fraction of sp³-hybridized carbons (Fsp3) is 0.538. The molecule has 1 aromatic rings. The molecule has 1 aliphatic heterocycles. The van der Waals surface area contributed by atoms with Crippen LogP contribution in [0.5, 0.6) is 11.5 Å². The van der Waals surface area contributed by atoms with Gasteiger partial charge in [0.2, 0.25) is 10.0 Å². The molecule has 4 N–H and O–H groups in total. The van der Waals surface area contributed by atoms with Gasteiger partial charge in [-0.15, -0.1) is 0 Å². The molecule has 0 unspecified atom stereocenters. The Morgan fingerprint density at radius 3 is 2.57 bits per heavy atom. The van der Waals surface area contributed by atoms with Crippen LogP contribution in [-0.4, -0.2) is 38.6 Å². The number of hydrogen-bond acceptors (Lipinski definition) is 6. The van der Waals surface area contributed by atoms with E-state index in [4.69, 9.17) is 15.2 Å². The third kappa shape index (κ3) is 3.07. The minimum absolute atomic E-state index is 0.262. The molecule has 1 heterocycles. The molecule has 0 saturated carbocycles. The highest BCUT2D eigenvalue weighted by Crippen LogP contribution is 2.43. The summed E-state index contributed by atoms with van der Waals surface area (Å²) in [6, 6.07) is 2.44. The van der Waals surface area contributed by atoms with E-state index >= 15 is 0 Å². The number of aliphatic hydroxyl groups excluding tert-OH is 1. The van der Waals surface area contributed by atoms with Gasteiger partial charge in [-0.3, -0.25) is 4.72 Å². The summed E-state index contributed by atoms with van der Waals surface area (Å²) < 4.78 is 36.1. The molecule has 1 aromatic carbocycles. The molecule has 0 bridgehead atoms. The highest BCUT2D eigenvalue weighted by atomic mass is 32.2. The lowest BCUT2D eigenvalue weighted by Crippen LogP contribution is -2.51. The molecule has 21 heavy (non-hydrogen) atoms. The fourth-order valence-corrected chi connectivity index (χ4v) is 2.88. The quantitative estimate of drug-likeness (QED) is 0.753. The van der Waals surface area contributed by atoms with Crippen LogP contribution in [0.4, 0.5) is 5.69 Å². The molecule has 0 saturated heterocycles. The van der Waals surface area contributed by atoms with Gasteiger partial charge in [0, 0.05) is 11.6 Å². The normalized spacial score (nSPS) is 23.9. The second-order valence-electron chi connectivity index (χ2n) is 5.64. The molecule has 2 rings (SSSR count). The van der Waals surface area contributed by atoms with E-state index in [9.17, 15) is 13.5 Å². The summed E-state index contributed by atoms with van der Waals surface area (Å²) in [4.78, 5) is 0. The molecule has 0 amide bonds. The summed E-state index contributed by atoms with van der Waals surface area (Å²) in [7, 11) is -2.03. The zero-order valence-electron chi connectivity index (χ0n) is 12.4. The largest absolute Gasteiger partial charge is 0.495 e. The molecule has 0 radical (unpaired) electrons. The molecule has 0 aliphatic carbocycles. The number of fused-ring (bicyclic) bond motifs is 1. The summed E-state index contributed by atoms with van der Waals surface area (Å²) in [6.07, 6.45) is 0.162. The average Bonchev–Trinajstić information content (AvgIpc) is 2.33. The molecule has 0 fully saturated rings. The zero-order chi connectivity index (χ0) is 16.0. The van der Waals surface area contributed by atoms with Crippen molar-refractivity contribution in [3.8, 4) is 11.5 Å². The van der Waals surface area contributed by atoms with Gasteiger partial charge in [-0.2, -0.15) is 0 Å². The minimum Gasteiger partial charge on any atom is -0.495 e. The lowest BCUT2D eigenvalue weighted by Gasteiger charge is -2.41. The SMILES string of the molecule is COc1cc2c(cc1NS(C)(=O)=O)OC(C)(C)[C@H](O)[C@H]2N. The van der Waals surface area contributed by atoms with Gasteiger partial charge in [-0.05, 0) is 19.9 Å². The predicted molar refractivity (Wildman–Crippen MR) is 79.1 cm³/mol. The predicted octanol–water partition coefficient (Wildman–Crippen LogP) is 0.598. The Morgan fingerprint density at radius 1 is 1.43 bits per heavy atom. The number of benzene rings is 1. The van der Waals surface area contributed by atoms with Crippen LogP contribution in [0.3, 0.4) is 0 Å². The molecule has 2 atom stereocenters. The van der Waals surface area contributed by atoms with Gasteiger partial charge in [-0.25, -0.2) is 8.42 Å². The van der Waals surface area contributed by atoms with Crippen LogP contribution < -0.4 is 19.9 Å². The first-order valence-corrected chi connectivity index (χ1v) is 8.26. The maximum Gasteiger partial charge on any atom is 0.229 e. The number of nitrogens with two attached hydrogens (primary N) is 1. The number of anilines is 1. The minimum atomic E-state index is -3.46. The highest BCUT2D eigenvalue weighted by Gasteiger charge is 2.41. The van der Waals surface area contributed by atoms with Crippen molar-refractivity contribution in [3.63, 3.8) is 0 Å². The van der Waals surface area contributed by atoms with Crippen molar-refractivity contribution in [1.82, 2.24) is 0 Å². The number of aliphatic hydroxyl groups is 1. The maximum absolute atomic E-state index is 11.4.